The maximum absolute atomic E-state index is 12.8. The first-order chi connectivity index (χ1) is 9.65. The quantitative estimate of drug-likeness (QED) is 0.829. The lowest BCUT2D eigenvalue weighted by Crippen LogP contribution is -2.52. The van der Waals surface area contributed by atoms with Crippen molar-refractivity contribution >= 4 is 5.78 Å². The molecular weight excluding hydrogens is 246 g/mol. The zero-order chi connectivity index (χ0) is 14.1. The Kier molecular flexibility index (Phi) is 3.93. The summed E-state index contributed by atoms with van der Waals surface area (Å²) in [4.78, 5) is 12.8. The van der Waals surface area contributed by atoms with Crippen LogP contribution in [-0.2, 0) is 0 Å². The molecule has 3 rings (SSSR count). The highest BCUT2D eigenvalue weighted by molar-refractivity contribution is 6.01. The fraction of sp³-hybridized carbons (Fsp3) is 0.611. The molecule has 0 aromatic heterocycles. The number of rotatable bonds is 2. The standard InChI is InChI=1S/C18H25NO/c1-12-7-8-13(2)15(11-12)18(20)17-10-9-14-5-3-4-6-16(14)19-17/h7-8,11,14,16-17,19H,3-6,9-10H2,1-2H3. The molecule has 3 unspecified atom stereocenters. The largest absolute Gasteiger partial charge is 0.304 e. The van der Waals surface area contributed by atoms with E-state index >= 15 is 0 Å². The molecule has 2 nitrogen and oxygen atoms in total. The van der Waals surface area contributed by atoms with Crippen molar-refractivity contribution in [2.45, 2.75) is 64.5 Å². The molecule has 0 spiro atoms. The maximum atomic E-state index is 12.8. The Labute approximate surface area is 122 Å². The van der Waals surface area contributed by atoms with E-state index in [4.69, 9.17) is 0 Å². The average molecular weight is 271 g/mol. The molecule has 20 heavy (non-hydrogen) atoms. The van der Waals surface area contributed by atoms with Crippen LogP contribution in [0.1, 0.15) is 60.0 Å². The number of hydrogen-bond donors (Lipinski definition) is 1. The lowest BCUT2D eigenvalue weighted by atomic mass is 9.76. The number of carbonyl (C=O) groups is 1. The molecule has 1 saturated heterocycles. The molecule has 3 atom stereocenters. The van der Waals surface area contributed by atoms with Crippen molar-refractivity contribution in [1.82, 2.24) is 5.32 Å². The van der Waals surface area contributed by atoms with Crippen molar-refractivity contribution in [3.63, 3.8) is 0 Å². The topological polar surface area (TPSA) is 29.1 Å². The molecule has 0 radical (unpaired) electrons. The molecule has 108 valence electrons. The Morgan fingerprint density at radius 2 is 1.90 bits per heavy atom. The van der Waals surface area contributed by atoms with Crippen LogP contribution >= 0.6 is 0 Å². The van der Waals surface area contributed by atoms with E-state index in [1.807, 2.05) is 13.0 Å². The average Bonchev–Trinajstić information content (AvgIpc) is 2.48. The van der Waals surface area contributed by atoms with E-state index < -0.39 is 0 Å². The van der Waals surface area contributed by atoms with Crippen molar-refractivity contribution in [2.24, 2.45) is 5.92 Å². The molecule has 0 bridgehead atoms. The van der Waals surface area contributed by atoms with Gasteiger partial charge in [0.1, 0.15) is 0 Å². The molecule has 2 aliphatic rings. The zero-order valence-corrected chi connectivity index (χ0v) is 12.6. The summed E-state index contributed by atoms with van der Waals surface area (Å²) in [5.74, 6) is 1.11. The van der Waals surface area contributed by atoms with Crippen molar-refractivity contribution in [1.29, 1.82) is 0 Å². The summed E-state index contributed by atoms with van der Waals surface area (Å²) in [6.07, 6.45) is 7.52. The van der Waals surface area contributed by atoms with Gasteiger partial charge in [0.25, 0.3) is 0 Å². The summed E-state index contributed by atoms with van der Waals surface area (Å²) in [5, 5.41) is 3.65. The number of ketones is 1. The Morgan fingerprint density at radius 1 is 1.10 bits per heavy atom. The summed E-state index contributed by atoms with van der Waals surface area (Å²) in [6, 6.07) is 6.81. The fourth-order valence-corrected chi connectivity index (χ4v) is 3.89. The van der Waals surface area contributed by atoms with Gasteiger partial charge in [-0.3, -0.25) is 4.79 Å². The summed E-state index contributed by atoms with van der Waals surface area (Å²) in [7, 11) is 0. The number of aryl methyl sites for hydroxylation is 2. The number of carbonyl (C=O) groups excluding carboxylic acids is 1. The number of hydrogen-bond acceptors (Lipinski definition) is 2. The molecule has 2 fully saturated rings. The van der Waals surface area contributed by atoms with Crippen molar-refractivity contribution in [3.05, 3.63) is 34.9 Å². The molecule has 1 N–H and O–H groups in total. The minimum absolute atomic E-state index is 0.0369. The monoisotopic (exact) mass is 271 g/mol. The molecule has 1 heterocycles. The van der Waals surface area contributed by atoms with Gasteiger partial charge in [0, 0.05) is 11.6 Å². The first-order valence-corrected chi connectivity index (χ1v) is 8.02. The summed E-state index contributed by atoms with van der Waals surface area (Å²) >= 11 is 0. The second-order valence-electron chi connectivity index (χ2n) is 6.63. The number of fused-ring (bicyclic) bond motifs is 1. The maximum Gasteiger partial charge on any atom is 0.180 e. The Hall–Kier alpha value is -1.15. The highest BCUT2D eigenvalue weighted by Crippen LogP contribution is 2.33. The molecule has 1 saturated carbocycles. The smallest absolute Gasteiger partial charge is 0.180 e. The van der Waals surface area contributed by atoms with E-state index in [9.17, 15) is 4.79 Å². The van der Waals surface area contributed by atoms with Gasteiger partial charge >= 0.3 is 0 Å². The molecule has 1 aromatic carbocycles. The van der Waals surface area contributed by atoms with Gasteiger partial charge in [0.15, 0.2) is 5.78 Å². The lowest BCUT2D eigenvalue weighted by Gasteiger charge is -2.40. The van der Waals surface area contributed by atoms with Crippen LogP contribution in [0.4, 0.5) is 0 Å². The van der Waals surface area contributed by atoms with E-state index in [0.29, 0.717) is 11.8 Å². The van der Waals surface area contributed by atoms with E-state index in [1.165, 1.54) is 37.7 Å². The molecular formula is C18H25NO. The number of benzene rings is 1. The SMILES string of the molecule is Cc1ccc(C)c(C(=O)C2CCC3CCCCC3N2)c1. The fourth-order valence-electron chi connectivity index (χ4n) is 3.89. The van der Waals surface area contributed by atoms with Crippen LogP contribution < -0.4 is 5.32 Å². The third kappa shape index (κ3) is 2.67. The Morgan fingerprint density at radius 3 is 2.75 bits per heavy atom. The van der Waals surface area contributed by atoms with Crippen LogP contribution in [0.5, 0.6) is 0 Å². The first kappa shape index (κ1) is 13.8. The van der Waals surface area contributed by atoms with E-state index in [2.05, 4.69) is 24.4 Å². The van der Waals surface area contributed by atoms with Crippen LogP contribution in [0.25, 0.3) is 0 Å². The minimum Gasteiger partial charge on any atom is -0.304 e. The van der Waals surface area contributed by atoms with Gasteiger partial charge in [-0.1, -0.05) is 30.5 Å². The number of nitrogens with one attached hydrogen (secondary N) is 1. The molecule has 1 aliphatic heterocycles. The van der Waals surface area contributed by atoms with Crippen LogP contribution in [0.15, 0.2) is 18.2 Å². The van der Waals surface area contributed by atoms with Crippen molar-refractivity contribution < 1.29 is 4.79 Å². The lowest BCUT2D eigenvalue weighted by molar-refractivity contribution is 0.0861. The van der Waals surface area contributed by atoms with Gasteiger partial charge in [-0.2, -0.15) is 0 Å². The van der Waals surface area contributed by atoms with E-state index in [-0.39, 0.29) is 6.04 Å². The third-order valence-electron chi connectivity index (χ3n) is 5.13. The summed E-state index contributed by atoms with van der Waals surface area (Å²) in [6.45, 7) is 4.10. The Balaban J connectivity index is 1.76. The van der Waals surface area contributed by atoms with Crippen molar-refractivity contribution in [2.75, 3.05) is 0 Å². The normalized spacial score (nSPS) is 29.8. The molecule has 2 heteroatoms. The van der Waals surface area contributed by atoms with Gasteiger partial charge in [-0.05, 0) is 57.1 Å². The summed E-state index contributed by atoms with van der Waals surface area (Å²) in [5.41, 5.74) is 3.19. The third-order valence-corrected chi connectivity index (χ3v) is 5.13. The van der Waals surface area contributed by atoms with Crippen LogP contribution in [0.3, 0.4) is 0 Å². The molecule has 1 aliphatic carbocycles. The Bertz CT molecular complexity index is 508. The summed E-state index contributed by atoms with van der Waals surface area (Å²) < 4.78 is 0. The van der Waals surface area contributed by atoms with Gasteiger partial charge in [0.05, 0.1) is 6.04 Å². The number of piperidine rings is 1. The molecule has 1 aromatic rings. The second kappa shape index (κ2) is 5.69. The first-order valence-electron chi connectivity index (χ1n) is 8.02. The van der Waals surface area contributed by atoms with Crippen LogP contribution in [0, 0.1) is 19.8 Å². The highest BCUT2D eigenvalue weighted by atomic mass is 16.1. The van der Waals surface area contributed by atoms with Gasteiger partial charge in [-0.15, -0.1) is 0 Å². The zero-order valence-electron chi connectivity index (χ0n) is 12.6. The van der Waals surface area contributed by atoms with Gasteiger partial charge < -0.3 is 5.32 Å². The van der Waals surface area contributed by atoms with Crippen LogP contribution in [-0.4, -0.2) is 17.9 Å². The molecule has 0 amide bonds. The number of Topliss-reactive ketones (excluding diaryl/α,β-unsaturated/α-hetero) is 1. The van der Waals surface area contributed by atoms with E-state index in [0.717, 1.165) is 23.5 Å². The van der Waals surface area contributed by atoms with Crippen LogP contribution in [0.2, 0.25) is 0 Å². The van der Waals surface area contributed by atoms with E-state index in [1.54, 1.807) is 0 Å². The minimum atomic E-state index is 0.0369. The van der Waals surface area contributed by atoms with Gasteiger partial charge in [-0.25, -0.2) is 0 Å². The second-order valence-corrected chi connectivity index (χ2v) is 6.63. The van der Waals surface area contributed by atoms with Gasteiger partial charge in [0.2, 0.25) is 0 Å². The predicted molar refractivity (Wildman–Crippen MR) is 82.2 cm³/mol. The predicted octanol–water partition coefficient (Wildman–Crippen LogP) is 3.80. The highest BCUT2D eigenvalue weighted by Gasteiger charge is 2.34. The van der Waals surface area contributed by atoms with Crippen molar-refractivity contribution in [3.8, 4) is 0 Å².